The monoisotopic (exact) mass is 269 g/mol. The maximum atomic E-state index is 6.19. The lowest BCUT2D eigenvalue weighted by Crippen LogP contribution is -2.40. The summed E-state index contributed by atoms with van der Waals surface area (Å²) in [6.07, 6.45) is 0.909. The van der Waals surface area contributed by atoms with Crippen LogP contribution in [0.2, 0.25) is 0 Å². The van der Waals surface area contributed by atoms with Crippen LogP contribution in [0.5, 0.6) is 0 Å². The van der Waals surface area contributed by atoms with Crippen molar-refractivity contribution in [1.29, 1.82) is 0 Å². The molecule has 1 aromatic rings. The summed E-state index contributed by atoms with van der Waals surface area (Å²) in [6.45, 7) is 8.57. The number of anilines is 2. The van der Waals surface area contributed by atoms with Crippen molar-refractivity contribution in [2.24, 2.45) is 11.1 Å². The number of nitrogens with two attached hydrogens (primary N) is 3. The van der Waals surface area contributed by atoms with Gasteiger partial charge in [0.05, 0.1) is 0 Å². The van der Waals surface area contributed by atoms with Crippen molar-refractivity contribution in [3.8, 4) is 0 Å². The van der Waals surface area contributed by atoms with E-state index < -0.39 is 0 Å². The van der Waals surface area contributed by atoms with Crippen LogP contribution in [-0.2, 0) is 0 Å². The fraction of sp³-hybridized carbons (Fsp3) is 0.667. The predicted molar refractivity (Wildman–Crippen MR) is 78.2 cm³/mol. The van der Waals surface area contributed by atoms with Gasteiger partial charge in [-0.1, -0.05) is 39.5 Å². The Labute approximate surface area is 113 Å². The standard InChI is InChI=1S/C12H23N5S/c1-5-7(13)10(12(2,3)4)18-11-16-8(14)6-9(15)17-11/h6-7,10H,5,13H2,1-4H3,(H4,14,15,16,17). The average molecular weight is 269 g/mol. The summed E-state index contributed by atoms with van der Waals surface area (Å²) < 4.78 is 0. The van der Waals surface area contributed by atoms with Gasteiger partial charge in [0.15, 0.2) is 5.16 Å². The summed E-state index contributed by atoms with van der Waals surface area (Å²) >= 11 is 1.55. The Morgan fingerprint density at radius 1 is 1.22 bits per heavy atom. The molecule has 5 nitrogen and oxygen atoms in total. The summed E-state index contributed by atoms with van der Waals surface area (Å²) in [7, 11) is 0. The molecular formula is C12H23N5S. The molecule has 0 bridgehead atoms. The van der Waals surface area contributed by atoms with Gasteiger partial charge in [-0.15, -0.1) is 0 Å². The van der Waals surface area contributed by atoms with Crippen LogP contribution < -0.4 is 17.2 Å². The Balaban J connectivity index is 2.96. The van der Waals surface area contributed by atoms with E-state index in [2.05, 4.69) is 37.7 Å². The Bertz CT molecular complexity index is 382. The number of thioether (sulfide) groups is 1. The highest BCUT2D eigenvalue weighted by Gasteiger charge is 2.31. The quantitative estimate of drug-likeness (QED) is 0.569. The molecule has 0 amide bonds. The van der Waals surface area contributed by atoms with Gasteiger partial charge < -0.3 is 17.2 Å². The van der Waals surface area contributed by atoms with E-state index in [1.807, 2.05) is 0 Å². The van der Waals surface area contributed by atoms with Crippen LogP contribution in [0.3, 0.4) is 0 Å². The van der Waals surface area contributed by atoms with Gasteiger partial charge in [0.2, 0.25) is 0 Å². The molecule has 0 radical (unpaired) electrons. The zero-order valence-corrected chi connectivity index (χ0v) is 12.3. The van der Waals surface area contributed by atoms with E-state index in [4.69, 9.17) is 17.2 Å². The highest BCUT2D eigenvalue weighted by molar-refractivity contribution is 7.99. The summed E-state index contributed by atoms with van der Waals surface area (Å²) in [5.74, 6) is 0.783. The van der Waals surface area contributed by atoms with Crippen LogP contribution in [0.1, 0.15) is 34.1 Å². The van der Waals surface area contributed by atoms with E-state index in [-0.39, 0.29) is 16.7 Å². The largest absolute Gasteiger partial charge is 0.383 e. The van der Waals surface area contributed by atoms with Gasteiger partial charge in [-0.05, 0) is 11.8 Å². The second-order valence-electron chi connectivity index (χ2n) is 5.48. The third-order valence-electron chi connectivity index (χ3n) is 2.69. The number of rotatable bonds is 4. The molecule has 6 N–H and O–H groups in total. The lowest BCUT2D eigenvalue weighted by atomic mass is 9.87. The first-order valence-corrected chi connectivity index (χ1v) is 6.94. The van der Waals surface area contributed by atoms with Gasteiger partial charge in [0.25, 0.3) is 0 Å². The molecule has 1 rings (SSSR count). The van der Waals surface area contributed by atoms with Crippen LogP contribution in [-0.4, -0.2) is 21.3 Å². The van der Waals surface area contributed by atoms with Crippen LogP contribution in [0.4, 0.5) is 11.6 Å². The minimum absolute atomic E-state index is 0.0584. The summed E-state index contributed by atoms with van der Waals surface area (Å²) in [5, 5.41) is 0.806. The zero-order chi connectivity index (χ0) is 13.9. The molecule has 1 aromatic heterocycles. The second-order valence-corrected chi connectivity index (χ2v) is 6.59. The van der Waals surface area contributed by atoms with Crippen molar-refractivity contribution < 1.29 is 0 Å². The molecular weight excluding hydrogens is 246 g/mol. The summed E-state index contributed by atoms with van der Waals surface area (Å²) in [4.78, 5) is 8.40. The van der Waals surface area contributed by atoms with E-state index in [1.165, 1.54) is 0 Å². The normalized spacial score (nSPS) is 15.4. The summed E-state index contributed by atoms with van der Waals surface area (Å²) in [5.41, 5.74) is 17.6. The first kappa shape index (κ1) is 15.0. The predicted octanol–water partition coefficient (Wildman–Crippen LogP) is 1.89. The first-order chi connectivity index (χ1) is 8.24. The van der Waals surface area contributed by atoms with Crippen molar-refractivity contribution in [3.63, 3.8) is 0 Å². The minimum Gasteiger partial charge on any atom is -0.383 e. The molecule has 0 saturated carbocycles. The molecule has 0 aliphatic carbocycles. The van der Waals surface area contributed by atoms with Crippen LogP contribution in [0.15, 0.2) is 11.2 Å². The van der Waals surface area contributed by atoms with Crippen molar-refractivity contribution >= 4 is 23.4 Å². The molecule has 0 aliphatic rings. The lowest BCUT2D eigenvalue weighted by molar-refractivity contribution is 0.349. The number of aromatic nitrogens is 2. The molecule has 2 unspecified atom stereocenters. The molecule has 18 heavy (non-hydrogen) atoms. The number of nitrogen functional groups attached to an aromatic ring is 2. The van der Waals surface area contributed by atoms with Crippen LogP contribution in [0, 0.1) is 5.41 Å². The first-order valence-electron chi connectivity index (χ1n) is 6.06. The van der Waals surface area contributed by atoms with Gasteiger partial charge in [-0.3, -0.25) is 0 Å². The molecule has 0 aliphatic heterocycles. The molecule has 0 spiro atoms. The fourth-order valence-electron chi connectivity index (χ4n) is 1.75. The van der Waals surface area contributed by atoms with Gasteiger partial charge in [-0.2, -0.15) is 0 Å². The van der Waals surface area contributed by atoms with Gasteiger partial charge >= 0.3 is 0 Å². The topological polar surface area (TPSA) is 104 Å². The Kier molecular flexibility index (Phi) is 4.81. The third-order valence-corrected chi connectivity index (χ3v) is 4.40. The zero-order valence-electron chi connectivity index (χ0n) is 11.5. The van der Waals surface area contributed by atoms with E-state index in [0.29, 0.717) is 16.8 Å². The smallest absolute Gasteiger partial charge is 0.191 e. The Hall–Kier alpha value is -1.01. The number of nitrogens with zero attached hydrogens (tertiary/aromatic N) is 2. The maximum Gasteiger partial charge on any atom is 0.191 e. The lowest BCUT2D eigenvalue weighted by Gasteiger charge is -2.33. The van der Waals surface area contributed by atoms with Gasteiger partial charge in [0.1, 0.15) is 11.6 Å². The average Bonchev–Trinajstić information content (AvgIpc) is 2.22. The van der Waals surface area contributed by atoms with E-state index >= 15 is 0 Å². The summed E-state index contributed by atoms with van der Waals surface area (Å²) in [6, 6.07) is 1.64. The van der Waals surface area contributed by atoms with Crippen molar-refractivity contribution in [2.45, 2.75) is 50.6 Å². The fourth-order valence-corrected chi connectivity index (χ4v) is 3.01. The van der Waals surface area contributed by atoms with Crippen molar-refractivity contribution in [2.75, 3.05) is 11.5 Å². The third kappa shape index (κ3) is 4.03. The highest BCUT2D eigenvalue weighted by atomic mass is 32.2. The van der Waals surface area contributed by atoms with E-state index in [0.717, 1.165) is 6.42 Å². The molecule has 2 atom stereocenters. The molecule has 102 valence electrons. The van der Waals surface area contributed by atoms with E-state index in [9.17, 15) is 0 Å². The Morgan fingerprint density at radius 3 is 2.11 bits per heavy atom. The molecule has 1 heterocycles. The number of hydrogen-bond donors (Lipinski definition) is 3. The second kappa shape index (κ2) is 5.75. The van der Waals surface area contributed by atoms with Crippen LogP contribution >= 0.6 is 11.8 Å². The number of hydrogen-bond acceptors (Lipinski definition) is 6. The van der Waals surface area contributed by atoms with Gasteiger partial charge in [0, 0.05) is 17.4 Å². The molecule has 0 saturated heterocycles. The molecule has 6 heteroatoms. The Morgan fingerprint density at radius 2 is 1.72 bits per heavy atom. The van der Waals surface area contributed by atoms with E-state index in [1.54, 1.807) is 17.8 Å². The maximum absolute atomic E-state index is 6.19. The van der Waals surface area contributed by atoms with Crippen molar-refractivity contribution in [3.05, 3.63) is 6.07 Å². The van der Waals surface area contributed by atoms with Crippen molar-refractivity contribution in [1.82, 2.24) is 9.97 Å². The molecule has 0 aromatic carbocycles. The van der Waals surface area contributed by atoms with Crippen LogP contribution in [0.25, 0.3) is 0 Å². The highest BCUT2D eigenvalue weighted by Crippen LogP contribution is 2.36. The molecule has 0 fully saturated rings. The minimum atomic E-state index is 0.0584. The van der Waals surface area contributed by atoms with Gasteiger partial charge in [-0.25, -0.2) is 9.97 Å². The SMILES string of the molecule is CCC(N)C(Sc1nc(N)cc(N)n1)C(C)(C)C.